The van der Waals surface area contributed by atoms with Gasteiger partial charge in [-0.2, -0.15) is 4.31 Å². The number of morpholine rings is 1. The van der Waals surface area contributed by atoms with Gasteiger partial charge in [0.2, 0.25) is 15.9 Å². The molecule has 0 radical (unpaired) electrons. The molecule has 1 atom stereocenters. The van der Waals surface area contributed by atoms with Crippen LogP contribution in [0.25, 0.3) is 0 Å². The number of nitrogens with one attached hydrogen (secondary N) is 2. The van der Waals surface area contributed by atoms with Gasteiger partial charge in [-0.15, -0.1) is 0 Å². The standard InChI is InChI=1S/C20H32N4O5S/c1-16(15-28-2)22-20(25)14-21-18-13-17(5-6-19(18)23-7-3-4-8-23)30(26,27)24-9-11-29-12-10-24/h5-6,13,16,21H,3-4,7-12,14-15H2,1-2H3,(H,22,25). The molecule has 0 aliphatic carbocycles. The number of hydrogen-bond donors (Lipinski definition) is 2. The number of methoxy groups -OCH3 is 1. The van der Waals surface area contributed by atoms with E-state index in [1.165, 1.54) is 4.31 Å². The minimum Gasteiger partial charge on any atom is -0.383 e. The average Bonchev–Trinajstić information content (AvgIpc) is 3.27. The first-order valence-electron chi connectivity index (χ1n) is 10.4. The van der Waals surface area contributed by atoms with Gasteiger partial charge in [-0.3, -0.25) is 4.79 Å². The zero-order valence-corrected chi connectivity index (χ0v) is 18.5. The lowest BCUT2D eigenvalue weighted by Gasteiger charge is -2.27. The minimum absolute atomic E-state index is 0.0515. The highest BCUT2D eigenvalue weighted by Crippen LogP contribution is 2.32. The molecule has 0 saturated carbocycles. The Morgan fingerprint density at radius 2 is 1.90 bits per heavy atom. The van der Waals surface area contributed by atoms with Crippen LogP contribution in [0.4, 0.5) is 11.4 Å². The molecule has 168 valence electrons. The number of sulfonamides is 1. The summed E-state index contributed by atoms with van der Waals surface area (Å²) in [6.45, 7) is 5.67. The van der Waals surface area contributed by atoms with Crippen LogP contribution in [0, 0.1) is 0 Å². The van der Waals surface area contributed by atoms with E-state index in [2.05, 4.69) is 15.5 Å². The molecule has 10 heteroatoms. The van der Waals surface area contributed by atoms with Gasteiger partial charge < -0.3 is 25.0 Å². The SMILES string of the molecule is COCC(C)NC(=O)CNc1cc(S(=O)(=O)N2CCOCC2)ccc1N1CCCC1. The Labute approximate surface area is 178 Å². The van der Waals surface area contributed by atoms with E-state index in [9.17, 15) is 13.2 Å². The molecule has 2 N–H and O–H groups in total. The summed E-state index contributed by atoms with van der Waals surface area (Å²) in [5.41, 5.74) is 1.58. The van der Waals surface area contributed by atoms with E-state index in [0.717, 1.165) is 31.6 Å². The second kappa shape index (κ2) is 10.4. The van der Waals surface area contributed by atoms with Gasteiger partial charge in [0.1, 0.15) is 0 Å². The minimum atomic E-state index is -3.61. The maximum atomic E-state index is 13.1. The van der Waals surface area contributed by atoms with Crippen molar-refractivity contribution in [2.45, 2.75) is 30.7 Å². The first kappa shape index (κ1) is 22.8. The second-order valence-corrected chi connectivity index (χ2v) is 9.60. The van der Waals surface area contributed by atoms with E-state index in [-0.39, 0.29) is 23.4 Å². The molecule has 2 fully saturated rings. The Hall–Kier alpha value is -1.88. The summed E-state index contributed by atoms with van der Waals surface area (Å²) in [5, 5.41) is 6.01. The summed E-state index contributed by atoms with van der Waals surface area (Å²) in [7, 11) is -2.03. The van der Waals surface area contributed by atoms with Crippen molar-refractivity contribution in [3.8, 4) is 0 Å². The molecule has 9 nitrogen and oxygen atoms in total. The van der Waals surface area contributed by atoms with Gasteiger partial charge in [0.25, 0.3) is 0 Å². The van der Waals surface area contributed by atoms with Crippen molar-refractivity contribution in [2.24, 2.45) is 0 Å². The van der Waals surface area contributed by atoms with Crippen LogP contribution < -0.4 is 15.5 Å². The van der Waals surface area contributed by atoms with E-state index in [4.69, 9.17) is 9.47 Å². The van der Waals surface area contributed by atoms with Crippen molar-refractivity contribution in [1.82, 2.24) is 9.62 Å². The zero-order chi connectivity index (χ0) is 21.6. The number of nitrogens with zero attached hydrogens (tertiary/aromatic N) is 2. The fourth-order valence-electron chi connectivity index (χ4n) is 3.78. The van der Waals surface area contributed by atoms with Gasteiger partial charge in [-0.05, 0) is 38.0 Å². The summed E-state index contributed by atoms with van der Waals surface area (Å²) < 4.78 is 37.9. The monoisotopic (exact) mass is 440 g/mol. The van der Waals surface area contributed by atoms with E-state index in [0.29, 0.717) is 38.6 Å². The lowest BCUT2D eigenvalue weighted by atomic mass is 10.2. The van der Waals surface area contributed by atoms with Gasteiger partial charge in [-0.25, -0.2) is 8.42 Å². The zero-order valence-electron chi connectivity index (χ0n) is 17.7. The molecular formula is C20H32N4O5S. The van der Waals surface area contributed by atoms with Gasteiger partial charge in [0.15, 0.2) is 0 Å². The van der Waals surface area contributed by atoms with E-state index >= 15 is 0 Å². The molecule has 0 spiro atoms. The second-order valence-electron chi connectivity index (χ2n) is 7.67. The molecule has 3 rings (SSSR count). The van der Waals surface area contributed by atoms with Crippen molar-refractivity contribution in [2.75, 3.05) is 69.9 Å². The molecule has 1 amide bonds. The normalized spacial score (nSPS) is 18.9. The van der Waals surface area contributed by atoms with E-state index in [1.54, 1.807) is 19.2 Å². The predicted octanol–water partition coefficient (Wildman–Crippen LogP) is 0.871. The van der Waals surface area contributed by atoms with Crippen LogP contribution in [0.3, 0.4) is 0 Å². The Balaban J connectivity index is 1.79. The Morgan fingerprint density at radius 3 is 2.57 bits per heavy atom. The van der Waals surface area contributed by atoms with Gasteiger partial charge in [0, 0.05) is 39.3 Å². The summed E-state index contributed by atoms with van der Waals surface area (Å²) in [6, 6.07) is 5.04. The molecule has 1 unspecified atom stereocenters. The molecule has 1 aromatic rings. The summed E-state index contributed by atoms with van der Waals surface area (Å²) in [5.74, 6) is -0.173. The molecule has 2 saturated heterocycles. The number of carbonyl (C=O) groups is 1. The van der Waals surface area contributed by atoms with E-state index < -0.39 is 10.0 Å². The molecule has 0 bridgehead atoms. The van der Waals surface area contributed by atoms with Crippen molar-refractivity contribution < 1.29 is 22.7 Å². The Morgan fingerprint density at radius 1 is 1.20 bits per heavy atom. The molecule has 0 aromatic heterocycles. The summed E-state index contributed by atoms with van der Waals surface area (Å²) in [4.78, 5) is 14.7. The van der Waals surface area contributed by atoms with Crippen molar-refractivity contribution in [3.63, 3.8) is 0 Å². The largest absolute Gasteiger partial charge is 0.383 e. The average molecular weight is 441 g/mol. The molecule has 1 aromatic carbocycles. The fourth-order valence-corrected chi connectivity index (χ4v) is 5.21. The first-order chi connectivity index (χ1) is 14.4. The molecule has 2 heterocycles. The van der Waals surface area contributed by atoms with Crippen LogP contribution in [0.1, 0.15) is 19.8 Å². The highest BCUT2D eigenvalue weighted by molar-refractivity contribution is 7.89. The third-order valence-electron chi connectivity index (χ3n) is 5.29. The van der Waals surface area contributed by atoms with Crippen LogP contribution in [-0.4, -0.2) is 84.3 Å². The highest BCUT2D eigenvalue weighted by Gasteiger charge is 2.28. The topological polar surface area (TPSA) is 100 Å². The van der Waals surface area contributed by atoms with Gasteiger partial charge in [-0.1, -0.05) is 0 Å². The number of amides is 1. The van der Waals surface area contributed by atoms with Crippen molar-refractivity contribution in [1.29, 1.82) is 0 Å². The Bertz CT molecular complexity index is 820. The van der Waals surface area contributed by atoms with Crippen LogP contribution in [-0.2, 0) is 24.3 Å². The van der Waals surface area contributed by atoms with Gasteiger partial charge >= 0.3 is 0 Å². The number of ether oxygens (including phenoxy) is 2. The summed E-state index contributed by atoms with van der Waals surface area (Å²) in [6.07, 6.45) is 2.20. The van der Waals surface area contributed by atoms with E-state index in [1.807, 2.05) is 13.0 Å². The molecule has 30 heavy (non-hydrogen) atoms. The maximum absolute atomic E-state index is 13.1. The third-order valence-corrected chi connectivity index (χ3v) is 7.18. The van der Waals surface area contributed by atoms with Crippen LogP contribution in [0.5, 0.6) is 0 Å². The molecule has 2 aliphatic rings. The van der Waals surface area contributed by atoms with Crippen LogP contribution in [0.15, 0.2) is 23.1 Å². The van der Waals surface area contributed by atoms with Gasteiger partial charge in [0.05, 0.1) is 42.6 Å². The highest BCUT2D eigenvalue weighted by atomic mass is 32.2. The number of benzene rings is 1. The number of rotatable bonds is 9. The number of hydrogen-bond acceptors (Lipinski definition) is 7. The predicted molar refractivity (Wildman–Crippen MR) is 115 cm³/mol. The molecular weight excluding hydrogens is 408 g/mol. The first-order valence-corrected chi connectivity index (χ1v) is 11.8. The van der Waals surface area contributed by atoms with Crippen molar-refractivity contribution in [3.05, 3.63) is 18.2 Å². The van der Waals surface area contributed by atoms with Crippen LogP contribution >= 0.6 is 0 Å². The Kier molecular flexibility index (Phi) is 7.93. The third kappa shape index (κ3) is 5.63. The number of carbonyl (C=O) groups excluding carboxylic acids is 1. The quantitative estimate of drug-likeness (QED) is 0.588. The van der Waals surface area contributed by atoms with Crippen LogP contribution in [0.2, 0.25) is 0 Å². The summed E-state index contributed by atoms with van der Waals surface area (Å²) >= 11 is 0. The number of anilines is 2. The smallest absolute Gasteiger partial charge is 0.243 e. The van der Waals surface area contributed by atoms with Crippen molar-refractivity contribution >= 4 is 27.3 Å². The molecule has 2 aliphatic heterocycles. The fraction of sp³-hybridized carbons (Fsp3) is 0.650. The lowest BCUT2D eigenvalue weighted by molar-refractivity contribution is -0.120. The lowest BCUT2D eigenvalue weighted by Crippen LogP contribution is -2.40. The maximum Gasteiger partial charge on any atom is 0.243 e.